The molecule has 0 fully saturated rings. The number of urea groups is 1. The number of carboxylic acids is 1. The number of rotatable bonds is 3. The van der Waals surface area contributed by atoms with Crippen LogP contribution in [0.1, 0.15) is 0 Å². The first kappa shape index (κ1) is 11.8. The van der Waals surface area contributed by atoms with Crippen LogP contribution < -0.4 is 16.4 Å². The van der Waals surface area contributed by atoms with Gasteiger partial charge in [-0.3, -0.25) is 9.69 Å². The molecule has 5 N–H and O–H groups in total. The summed E-state index contributed by atoms with van der Waals surface area (Å²) >= 11 is 0. The van der Waals surface area contributed by atoms with E-state index in [0.717, 1.165) is 17.0 Å². The van der Waals surface area contributed by atoms with Crippen LogP contribution in [-0.4, -0.2) is 23.7 Å². The van der Waals surface area contributed by atoms with Gasteiger partial charge in [-0.15, -0.1) is 0 Å². The summed E-state index contributed by atoms with van der Waals surface area (Å²) in [5.74, 6) is -1.88. The number of amides is 2. The quantitative estimate of drug-likeness (QED) is 0.648. The Balaban J connectivity index is 3.06. The van der Waals surface area contributed by atoms with Crippen LogP contribution in [0.25, 0.3) is 0 Å². The van der Waals surface area contributed by atoms with Gasteiger partial charge in [-0.25, -0.2) is 9.18 Å². The first-order valence-corrected chi connectivity index (χ1v) is 4.25. The van der Waals surface area contributed by atoms with Gasteiger partial charge in [0.25, 0.3) is 0 Å². The van der Waals surface area contributed by atoms with E-state index in [9.17, 15) is 14.0 Å². The number of carbonyl (C=O) groups is 2. The summed E-state index contributed by atoms with van der Waals surface area (Å²) < 4.78 is 12.8. The number of hydrogen-bond acceptors (Lipinski definition) is 3. The van der Waals surface area contributed by atoms with E-state index in [1.54, 1.807) is 0 Å². The molecule has 1 rings (SSSR count). The maximum atomic E-state index is 12.8. The molecule has 0 saturated carbocycles. The van der Waals surface area contributed by atoms with Gasteiger partial charge in [0.1, 0.15) is 12.4 Å². The molecule has 0 spiro atoms. The predicted molar refractivity (Wildman–Crippen MR) is 55.4 cm³/mol. The topological polar surface area (TPSA) is 110 Å². The molecular weight excluding hydrogens is 217 g/mol. The minimum Gasteiger partial charge on any atom is -0.480 e. The molecule has 0 bridgehead atoms. The summed E-state index contributed by atoms with van der Waals surface area (Å²) in [5, 5.41) is 8.56. The average molecular weight is 227 g/mol. The fourth-order valence-electron chi connectivity index (χ4n) is 1.13. The van der Waals surface area contributed by atoms with Gasteiger partial charge in [-0.1, -0.05) is 0 Å². The number of aliphatic carboxylic acids is 1. The van der Waals surface area contributed by atoms with Crippen LogP contribution in [0.2, 0.25) is 0 Å². The second kappa shape index (κ2) is 4.47. The monoisotopic (exact) mass is 227 g/mol. The van der Waals surface area contributed by atoms with Gasteiger partial charge in [-0.2, -0.15) is 0 Å². The number of nitrogens with zero attached hydrogens (tertiary/aromatic N) is 1. The van der Waals surface area contributed by atoms with Crippen LogP contribution in [0.3, 0.4) is 0 Å². The lowest BCUT2D eigenvalue weighted by Crippen LogP contribution is -2.39. The van der Waals surface area contributed by atoms with E-state index in [-0.39, 0.29) is 11.4 Å². The van der Waals surface area contributed by atoms with Crippen LogP contribution in [0.5, 0.6) is 0 Å². The maximum Gasteiger partial charge on any atom is 0.323 e. The Morgan fingerprint density at radius 2 is 2.06 bits per heavy atom. The number of benzene rings is 1. The van der Waals surface area contributed by atoms with Gasteiger partial charge < -0.3 is 16.6 Å². The second-order valence-electron chi connectivity index (χ2n) is 3.02. The molecule has 1 aromatic carbocycles. The van der Waals surface area contributed by atoms with Crippen molar-refractivity contribution in [2.24, 2.45) is 5.73 Å². The van der Waals surface area contributed by atoms with Crippen molar-refractivity contribution in [1.29, 1.82) is 0 Å². The van der Waals surface area contributed by atoms with Crippen LogP contribution >= 0.6 is 0 Å². The van der Waals surface area contributed by atoms with Gasteiger partial charge >= 0.3 is 12.0 Å². The lowest BCUT2D eigenvalue weighted by molar-refractivity contribution is -0.135. The van der Waals surface area contributed by atoms with Crippen molar-refractivity contribution in [2.75, 3.05) is 17.2 Å². The number of anilines is 2. The first-order chi connectivity index (χ1) is 7.41. The molecule has 7 heteroatoms. The summed E-state index contributed by atoms with van der Waals surface area (Å²) in [6, 6.07) is 2.44. The van der Waals surface area contributed by atoms with Crippen molar-refractivity contribution in [3.05, 3.63) is 24.0 Å². The average Bonchev–Trinajstić information content (AvgIpc) is 2.18. The Kier molecular flexibility index (Phi) is 3.29. The Hall–Kier alpha value is -2.31. The third-order valence-electron chi connectivity index (χ3n) is 1.85. The molecule has 0 radical (unpaired) electrons. The minimum atomic E-state index is -1.23. The van der Waals surface area contributed by atoms with E-state index < -0.39 is 24.4 Å². The number of nitrogens with two attached hydrogens (primary N) is 2. The van der Waals surface area contributed by atoms with Crippen molar-refractivity contribution in [1.82, 2.24) is 0 Å². The van der Waals surface area contributed by atoms with Crippen molar-refractivity contribution >= 4 is 23.4 Å². The third kappa shape index (κ3) is 2.59. The van der Waals surface area contributed by atoms with E-state index in [1.807, 2.05) is 0 Å². The van der Waals surface area contributed by atoms with Gasteiger partial charge in [0, 0.05) is 5.69 Å². The van der Waals surface area contributed by atoms with E-state index in [4.69, 9.17) is 16.6 Å². The second-order valence-corrected chi connectivity index (χ2v) is 3.02. The molecule has 1 aromatic rings. The number of primary amides is 1. The van der Waals surface area contributed by atoms with Gasteiger partial charge in [-0.05, 0) is 18.2 Å². The van der Waals surface area contributed by atoms with E-state index in [0.29, 0.717) is 0 Å². The summed E-state index contributed by atoms with van der Waals surface area (Å²) in [4.78, 5) is 22.2. The van der Waals surface area contributed by atoms with Crippen molar-refractivity contribution in [2.45, 2.75) is 0 Å². The molecule has 0 saturated heterocycles. The minimum absolute atomic E-state index is 0.133. The van der Waals surface area contributed by atoms with Crippen LogP contribution in [-0.2, 0) is 4.79 Å². The maximum absolute atomic E-state index is 12.8. The number of halogens is 1. The zero-order valence-electron chi connectivity index (χ0n) is 8.18. The number of nitrogen functional groups attached to an aromatic ring is 1. The fraction of sp³-hybridized carbons (Fsp3) is 0.111. The molecular formula is C9H10FN3O3. The molecule has 16 heavy (non-hydrogen) atoms. The van der Waals surface area contributed by atoms with Crippen LogP contribution in [0, 0.1) is 5.82 Å². The summed E-state index contributed by atoms with van der Waals surface area (Å²) in [6.45, 7) is -0.611. The standard InChI is InChI=1S/C9H10FN3O3/c10-6-2-1-5(3-7(6)11)13(9(12)16)4-8(14)15/h1-3H,4,11H2,(H2,12,16)(H,14,15). The highest BCUT2D eigenvalue weighted by Gasteiger charge is 2.16. The normalized spacial score (nSPS) is 9.81. The Bertz CT molecular complexity index is 436. The zero-order chi connectivity index (χ0) is 12.3. The van der Waals surface area contributed by atoms with Gasteiger partial charge in [0.2, 0.25) is 0 Å². The zero-order valence-corrected chi connectivity index (χ0v) is 8.18. The van der Waals surface area contributed by atoms with E-state index >= 15 is 0 Å². The molecule has 6 nitrogen and oxygen atoms in total. The smallest absolute Gasteiger partial charge is 0.323 e. The van der Waals surface area contributed by atoms with Gasteiger partial charge in [0.05, 0.1) is 5.69 Å². The summed E-state index contributed by atoms with van der Waals surface area (Å²) in [6.07, 6.45) is 0. The SMILES string of the molecule is NC(=O)N(CC(=O)O)c1ccc(F)c(N)c1. The highest BCUT2D eigenvalue weighted by molar-refractivity contribution is 5.95. The van der Waals surface area contributed by atoms with Crippen LogP contribution in [0.4, 0.5) is 20.6 Å². The number of hydrogen-bond donors (Lipinski definition) is 3. The predicted octanol–water partition coefficient (Wildman–Crippen LogP) is 0.378. The summed E-state index contributed by atoms with van der Waals surface area (Å²) in [7, 11) is 0. The van der Waals surface area contributed by atoms with Crippen molar-refractivity contribution in [3.8, 4) is 0 Å². The fourth-order valence-corrected chi connectivity index (χ4v) is 1.13. The molecule has 2 amide bonds. The number of carboxylic acid groups (broad SMARTS) is 1. The lowest BCUT2D eigenvalue weighted by atomic mass is 10.2. The molecule has 0 unspecified atom stereocenters. The molecule has 0 aliphatic rings. The largest absolute Gasteiger partial charge is 0.480 e. The Morgan fingerprint density at radius 3 is 2.50 bits per heavy atom. The highest BCUT2D eigenvalue weighted by Crippen LogP contribution is 2.20. The Labute approximate surface area is 90.2 Å². The van der Waals surface area contributed by atoms with E-state index in [2.05, 4.69) is 0 Å². The lowest BCUT2D eigenvalue weighted by Gasteiger charge is -2.18. The van der Waals surface area contributed by atoms with Crippen molar-refractivity contribution in [3.63, 3.8) is 0 Å². The van der Waals surface area contributed by atoms with Crippen molar-refractivity contribution < 1.29 is 19.1 Å². The first-order valence-electron chi connectivity index (χ1n) is 4.25. The highest BCUT2D eigenvalue weighted by atomic mass is 19.1. The molecule has 0 atom stereocenters. The molecule has 86 valence electrons. The van der Waals surface area contributed by atoms with Crippen LogP contribution in [0.15, 0.2) is 18.2 Å². The van der Waals surface area contributed by atoms with E-state index in [1.165, 1.54) is 6.07 Å². The third-order valence-corrected chi connectivity index (χ3v) is 1.85. The molecule has 0 aliphatic carbocycles. The molecule has 0 aromatic heterocycles. The number of carbonyl (C=O) groups excluding carboxylic acids is 1. The Morgan fingerprint density at radius 1 is 1.44 bits per heavy atom. The molecule has 0 heterocycles. The summed E-state index contributed by atoms with van der Waals surface area (Å²) in [5.41, 5.74) is 10.2. The van der Waals surface area contributed by atoms with Gasteiger partial charge in [0.15, 0.2) is 0 Å². The molecule has 0 aliphatic heterocycles.